The summed E-state index contributed by atoms with van der Waals surface area (Å²) in [5, 5.41) is 0.162. The molecule has 1 fully saturated rings. The Morgan fingerprint density at radius 1 is 1.13 bits per heavy atom. The molecule has 0 aromatic carbocycles. The van der Waals surface area contributed by atoms with Crippen molar-refractivity contribution in [3.05, 3.63) is 28.2 Å². The molecule has 0 spiro atoms. The van der Waals surface area contributed by atoms with Crippen LogP contribution in [0.15, 0.2) is 22.2 Å². The summed E-state index contributed by atoms with van der Waals surface area (Å²) < 4.78 is 31.7. The number of carbonyl (C=O) groups is 1. The number of hydrogen-bond acceptors (Lipinski definition) is 7. The molecule has 1 atom stereocenters. The monoisotopic (exact) mass is 574 g/mol. The number of likely N-dealkylation sites (tertiary alicyclic amines) is 1. The first-order valence-corrected chi connectivity index (χ1v) is 17.6. The molecular formula is C28H42N4O5SSi. The van der Waals surface area contributed by atoms with E-state index >= 15 is 0 Å². The predicted molar refractivity (Wildman–Crippen MR) is 156 cm³/mol. The standard InChI is InChI=1S/C28H42N4O5SSi/c1-18(2)39(19(3)4,20(5)6)14-12-21-15-24(33)32(25-23(21)16-29-26(30-25)38(10,35)36)22-11-13-31(17-22)27(34)37-28(7,8)9/h15-16,18-20,22H,11,13,17H2,1-10H3. The van der Waals surface area contributed by atoms with E-state index in [4.69, 9.17) is 4.74 Å². The molecule has 1 unspecified atom stereocenters. The summed E-state index contributed by atoms with van der Waals surface area (Å²) in [5.41, 5.74) is 4.58. The highest BCUT2D eigenvalue weighted by atomic mass is 32.2. The van der Waals surface area contributed by atoms with Crippen molar-refractivity contribution in [1.29, 1.82) is 0 Å². The van der Waals surface area contributed by atoms with Crippen LogP contribution in [0.5, 0.6) is 0 Å². The van der Waals surface area contributed by atoms with Crippen molar-refractivity contribution in [2.45, 2.75) is 102 Å². The summed E-state index contributed by atoms with van der Waals surface area (Å²) in [6.45, 7) is 19.4. The Hall–Kier alpha value is -2.71. The third-order valence-corrected chi connectivity index (χ3v) is 14.7. The zero-order valence-corrected chi connectivity index (χ0v) is 26.6. The average molecular weight is 575 g/mol. The second-order valence-corrected chi connectivity index (χ2v) is 19.9. The van der Waals surface area contributed by atoms with E-state index in [-0.39, 0.29) is 22.9 Å². The quantitative estimate of drug-likeness (QED) is 0.282. The van der Waals surface area contributed by atoms with Gasteiger partial charge in [0.2, 0.25) is 15.0 Å². The largest absolute Gasteiger partial charge is 0.444 e. The van der Waals surface area contributed by atoms with Crippen LogP contribution < -0.4 is 5.56 Å². The Kier molecular flexibility index (Phi) is 8.73. The van der Waals surface area contributed by atoms with Crippen LogP contribution in [0.2, 0.25) is 16.6 Å². The lowest BCUT2D eigenvalue weighted by Crippen LogP contribution is -2.43. The number of aromatic nitrogens is 3. The highest BCUT2D eigenvalue weighted by Crippen LogP contribution is 2.41. The van der Waals surface area contributed by atoms with Crippen molar-refractivity contribution in [3.63, 3.8) is 0 Å². The van der Waals surface area contributed by atoms with Crippen molar-refractivity contribution in [1.82, 2.24) is 19.4 Å². The zero-order chi connectivity index (χ0) is 29.5. The fourth-order valence-electron chi connectivity index (χ4n) is 5.79. The number of nitrogens with zero attached hydrogens (tertiary/aromatic N) is 4. The summed E-state index contributed by atoms with van der Waals surface area (Å²) >= 11 is 0. The molecule has 1 aliphatic rings. The molecule has 0 N–H and O–H groups in total. The molecule has 2 aromatic rings. The maximum Gasteiger partial charge on any atom is 0.410 e. The maximum absolute atomic E-state index is 13.6. The Morgan fingerprint density at radius 3 is 2.23 bits per heavy atom. The van der Waals surface area contributed by atoms with E-state index in [9.17, 15) is 18.0 Å². The van der Waals surface area contributed by atoms with Crippen LogP contribution >= 0.6 is 0 Å². The fourth-order valence-corrected chi connectivity index (χ4v) is 11.5. The Balaban J connectivity index is 2.21. The van der Waals surface area contributed by atoms with Crippen molar-refractivity contribution < 1.29 is 17.9 Å². The number of amides is 1. The predicted octanol–water partition coefficient (Wildman–Crippen LogP) is 4.95. The Morgan fingerprint density at radius 2 is 1.72 bits per heavy atom. The van der Waals surface area contributed by atoms with Gasteiger partial charge in [-0.05, 0) is 43.8 Å². The third-order valence-electron chi connectivity index (χ3n) is 7.56. The molecule has 0 aliphatic carbocycles. The van der Waals surface area contributed by atoms with Gasteiger partial charge >= 0.3 is 6.09 Å². The molecule has 39 heavy (non-hydrogen) atoms. The van der Waals surface area contributed by atoms with E-state index < -0.39 is 35.6 Å². The molecule has 0 bridgehead atoms. The summed E-state index contributed by atoms with van der Waals surface area (Å²) in [6, 6.07) is 1.10. The number of hydrogen-bond donors (Lipinski definition) is 0. The van der Waals surface area contributed by atoms with Gasteiger partial charge < -0.3 is 9.64 Å². The van der Waals surface area contributed by atoms with E-state index in [0.29, 0.717) is 40.5 Å². The fraction of sp³-hybridized carbons (Fsp3) is 0.643. The number of sulfone groups is 1. The second kappa shape index (κ2) is 11.0. The highest BCUT2D eigenvalue weighted by Gasteiger charge is 2.42. The minimum atomic E-state index is -3.73. The maximum atomic E-state index is 13.6. The van der Waals surface area contributed by atoms with Gasteiger partial charge in [-0.3, -0.25) is 9.36 Å². The van der Waals surface area contributed by atoms with Crippen LogP contribution in [0.25, 0.3) is 11.0 Å². The molecule has 1 amide bonds. The van der Waals surface area contributed by atoms with Crippen LogP contribution in [-0.2, 0) is 14.6 Å². The van der Waals surface area contributed by atoms with E-state index in [1.165, 1.54) is 16.8 Å². The first kappa shape index (κ1) is 30.8. The molecule has 1 aliphatic heterocycles. The molecule has 3 rings (SSSR count). The SMILES string of the molecule is CC(C)[Si](C#Cc1cc(=O)n(C2CCN(C(=O)OC(C)(C)C)C2)c2nc(S(C)(=O)=O)ncc12)(C(C)C)C(C)C. The Labute approximate surface area is 233 Å². The van der Waals surface area contributed by atoms with Crippen molar-refractivity contribution >= 4 is 35.0 Å². The number of carbonyl (C=O) groups excluding carboxylic acids is 1. The summed E-state index contributed by atoms with van der Waals surface area (Å²) in [5.74, 6) is 3.33. The summed E-state index contributed by atoms with van der Waals surface area (Å²) in [7, 11) is -5.83. The minimum Gasteiger partial charge on any atom is -0.444 e. The first-order chi connectivity index (χ1) is 17.9. The number of pyridine rings is 1. The summed E-state index contributed by atoms with van der Waals surface area (Å²) in [6.07, 6.45) is 2.53. The van der Waals surface area contributed by atoms with Gasteiger partial charge in [0.1, 0.15) is 19.3 Å². The lowest BCUT2D eigenvalue weighted by molar-refractivity contribution is 0.0289. The van der Waals surface area contributed by atoms with Crippen LogP contribution in [0, 0.1) is 11.5 Å². The molecule has 3 heterocycles. The molecule has 214 valence electrons. The van der Waals surface area contributed by atoms with E-state index in [0.717, 1.165) is 6.26 Å². The topological polar surface area (TPSA) is 111 Å². The highest BCUT2D eigenvalue weighted by molar-refractivity contribution is 7.90. The lowest BCUT2D eigenvalue weighted by Gasteiger charge is -2.38. The smallest absolute Gasteiger partial charge is 0.410 e. The number of fused-ring (bicyclic) bond motifs is 1. The van der Waals surface area contributed by atoms with Crippen molar-refractivity contribution in [3.8, 4) is 11.5 Å². The number of rotatable bonds is 5. The molecular weight excluding hydrogens is 532 g/mol. The lowest BCUT2D eigenvalue weighted by atomic mass is 10.1. The van der Waals surface area contributed by atoms with E-state index in [1.54, 1.807) is 25.7 Å². The van der Waals surface area contributed by atoms with E-state index in [2.05, 4.69) is 63.0 Å². The van der Waals surface area contributed by atoms with Crippen LogP contribution in [0.3, 0.4) is 0 Å². The van der Waals surface area contributed by atoms with Gasteiger partial charge in [-0.25, -0.2) is 18.2 Å². The molecule has 0 saturated carbocycles. The van der Waals surface area contributed by atoms with Gasteiger partial charge in [0.15, 0.2) is 0 Å². The van der Waals surface area contributed by atoms with Crippen LogP contribution in [0.4, 0.5) is 4.79 Å². The number of ether oxygens (including phenoxy) is 1. The molecule has 11 heteroatoms. The second-order valence-electron chi connectivity index (χ2n) is 12.4. The summed E-state index contributed by atoms with van der Waals surface area (Å²) in [4.78, 5) is 36.3. The van der Waals surface area contributed by atoms with Gasteiger partial charge in [0.05, 0.1) is 11.4 Å². The first-order valence-electron chi connectivity index (χ1n) is 13.5. The van der Waals surface area contributed by atoms with Gasteiger partial charge in [-0.2, -0.15) is 4.98 Å². The molecule has 2 aromatic heterocycles. The van der Waals surface area contributed by atoms with Crippen molar-refractivity contribution in [2.24, 2.45) is 0 Å². The van der Waals surface area contributed by atoms with Gasteiger partial charge in [-0.1, -0.05) is 47.5 Å². The Bertz CT molecular complexity index is 1460. The van der Waals surface area contributed by atoms with Gasteiger partial charge in [0.25, 0.3) is 5.56 Å². The normalized spacial score (nSPS) is 16.7. The van der Waals surface area contributed by atoms with Crippen LogP contribution in [-0.4, -0.2) is 67.0 Å². The third kappa shape index (κ3) is 6.38. The molecule has 9 nitrogen and oxygen atoms in total. The zero-order valence-electron chi connectivity index (χ0n) is 24.8. The van der Waals surface area contributed by atoms with Crippen molar-refractivity contribution in [2.75, 3.05) is 19.3 Å². The van der Waals surface area contributed by atoms with Gasteiger partial charge in [0, 0.05) is 37.2 Å². The molecule has 1 saturated heterocycles. The van der Waals surface area contributed by atoms with Crippen LogP contribution in [0.1, 0.15) is 80.3 Å². The molecule has 0 radical (unpaired) electrons. The van der Waals surface area contributed by atoms with E-state index in [1.807, 2.05) is 0 Å². The minimum absolute atomic E-state index is 0.212. The van der Waals surface area contributed by atoms with Gasteiger partial charge in [-0.15, -0.1) is 5.54 Å². The average Bonchev–Trinajstić information content (AvgIpc) is 3.26.